The van der Waals surface area contributed by atoms with Gasteiger partial charge < -0.3 is 24.8 Å². The van der Waals surface area contributed by atoms with Crippen LogP contribution >= 0.6 is 24.0 Å². The molecule has 0 spiro atoms. The van der Waals surface area contributed by atoms with Crippen LogP contribution in [0.3, 0.4) is 0 Å². The van der Waals surface area contributed by atoms with Crippen molar-refractivity contribution in [1.29, 1.82) is 0 Å². The summed E-state index contributed by atoms with van der Waals surface area (Å²) in [7, 11) is 5.04. The van der Waals surface area contributed by atoms with Gasteiger partial charge in [0.05, 0.1) is 14.2 Å². The van der Waals surface area contributed by atoms with E-state index in [1.165, 1.54) is 11.1 Å². The molecule has 0 aliphatic carbocycles. The maximum absolute atomic E-state index is 5.66. The van der Waals surface area contributed by atoms with Crippen LogP contribution < -0.4 is 20.1 Å². The number of aryl methyl sites for hydroxylation is 1. The van der Waals surface area contributed by atoms with Gasteiger partial charge in [0.1, 0.15) is 0 Å². The van der Waals surface area contributed by atoms with Crippen molar-refractivity contribution < 1.29 is 14.2 Å². The zero-order valence-corrected chi connectivity index (χ0v) is 20.5. The second kappa shape index (κ2) is 11.4. The third-order valence-electron chi connectivity index (χ3n) is 5.63. The number of anilines is 1. The summed E-state index contributed by atoms with van der Waals surface area (Å²) in [6.45, 7) is 4.52. The number of nitrogens with zero attached hydrogens (tertiary/aromatic N) is 1. The highest BCUT2D eigenvalue weighted by Crippen LogP contribution is 2.36. The van der Waals surface area contributed by atoms with E-state index in [0.717, 1.165) is 44.2 Å². The van der Waals surface area contributed by atoms with Crippen molar-refractivity contribution in [2.45, 2.75) is 25.2 Å². The molecule has 1 heterocycles. The van der Waals surface area contributed by atoms with Gasteiger partial charge in [0, 0.05) is 44.0 Å². The van der Waals surface area contributed by atoms with Crippen LogP contribution in [0.5, 0.6) is 11.5 Å². The number of benzene rings is 2. The van der Waals surface area contributed by atoms with Gasteiger partial charge in [-0.2, -0.15) is 0 Å². The molecule has 0 saturated carbocycles. The summed E-state index contributed by atoms with van der Waals surface area (Å²) >= 11 is 0. The molecule has 1 aliphatic rings. The van der Waals surface area contributed by atoms with Gasteiger partial charge in [-0.3, -0.25) is 4.99 Å². The molecule has 2 aromatic carbocycles. The lowest BCUT2D eigenvalue weighted by molar-refractivity contribution is 0.0512. The van der Waals surface area contributed by atoms with Crippen LogP contribution in [-0.4, -0.2) is 47.0 Å². The second-order valence-electron chi connectivity index (χ2n) is 7.33. The van der Waals surface area contributed by atoms with E-state index in [2.05, 4.69) is 46.8 Å². The summed E-state index contributed by atoms with van der Waals surface area (Å²) in [5, 5.41) is 6.88. The van der Waals surface area contributed by atoms with Gasteiger partial charge in [-0.1, -0.05) is 24.3 Å². The highest BCUT2D eigenvalue weighted by atomic mass is 127. The molecule has 2 aromatic rings. The average Bonchev–Trinajstić information content (AvgIpc) is 2.77. The Morgan fingerprint density at radius 1 is 1.07 bits per heavy atom. The lowest BCUT2D eigenvalue weighted by Gasteiger charge is -2.39. The first-order chi connectivity index (χ1) is 14.1. The van der Waals surface area contributed by atoms with Crippen molar-refractivity contribution >= 4 is 35.6 Å². The van der Waals surface area contributed by atoms with Crippen LogP contribution in [0.4, 0.5) is 5.69 Å². The highest BCUT2D eigenvalue weighted by Gasteiger charge is 2.35. The Bertz CT molecular complexity index is 851. The maximum Gasteiger partial charge on any atom is 0.195 e. The number of hydrogen-bond acceptors (Lipinski definition) is 4. The molecule has 1 saturated heterocycles. The normalized spacial score (nSPS) is 15.7. The summed E-state index contributed by atoms with van der Waals surface area (Å²) in [6, 6.07) is 14.4. The van der Waals surface area contributed by atoms with Crippen LogP contribution in [-0.2, 0) is 10.2 Å². The fraction of sp³-hybridized carbons (Fsp3) is 0.435. The fourth-order valence-electron chi connectivity index (χ4n) is 3.95. The first kappa shape index (κ1) is 24.3. The number of halogens is 1. The fourth-order valence-corrected chi connectivity index (χ4v) is 3.95. The molecular weight excluding hydrogens is 493 g/mol. The SMILES string of the molecule is CN=C(NCC1(c2ccccc2C)CCOCC1)Nc1ccc(OC)c(OC)c1.I. The van der Waals surface area contributed by atoms with Gasteiger partial charge >= 0.3 is 0 Å². The Labute approximate surface area is 196 Å². The lowest BCUT2D eigenvalue weighted by Crippen LogP contribution is -2.46. The molecule has 2 N–H and O–H groups in total. The molecular formula is C23H32IN3O3. The van der Waals surface area contributed by atoms with Crippen molar-refractivity contribution in [2.24, 2.45) is 4.99 Å². The van der Waals surface area contributed by atoms with E-state index in [0.29, 0.717) is 11.5 Å². The Balaban J connectivity index is 0.00000320. The van der Waals surface area contributed by atoms with E-state index in [1.807, 2.05) is 18.2 Å². The minimum atomic E-state index is 0. The highest BCUT2D eigenvalue weighted by molar-refractivity contribution is 14.0. The van der Waals surface area contributed by atoms with Crippen LogP contribution in [0.25, 0.3) is 0 Å². The Morgan fingerprint density at radius 2 is 1.77 bits per heavy atom. The minimum absolute atomic E-state index is 0. The number of nitrogens with one attached hydrogen (secondary N) is 2. The van der Waals surface area contributed by atoms with Crippen molar-refractivity contribution in [3.05, 3.63) is 53.6 Å². The molecule has 30 heavy (non-hydrogen) atoms. The van der Waals surface area contributed by atoms with Gasteiger partial charge in [-0.25, -0.2) is 0 Å². The first-order valence-corrected chi connectivity index (χ1v) is 9.95. The summed E-state index contributed by atoms with van der Waals surface area (Å²) < 4.78 is 16.4. The minimum Gasteiger partial charge on any atom is -0.493 e. The van der Waals surface area contributed by atoms with Crippen molar-refractivity contribution in [2.75, 3.05) is 46.3 Å². The van der Waals surface area contributed by atoms with Gasteiger partial charge in [0.25, 0.3) is 0 Å². The second-order valence-corrected chi connectivity index (χ2v) is 7.33. The first-order valence-electron chi connectivity index (χ1n) is 9.95. The number of rotatable bonds is 6. The number of ether oxygens (including phenoxy) is 3. The topological polar surface area (TPSA) is 64.1 Å². The van der Waals surface area contributed by atoms with Gasteiger partial charge in [0.2, 0.25) is 0 Å². The molecule has 0 atom stereocenters. The predicted octanol–water partition coefficient (Wildman–Crippen LogP) is 4.37. The summed E-state index contributed by atoms with van der Waals surface area (Å²) in [6.07, 6.45) is 1.97. The molecule has 0 radical (unpaired) electrons. The van der Waals surface area contributed by atoms with Crippen molar-refractivity contribution in [1.82, 2.24) is 5.32 Å². The summed E-state index contributed by atoms with van der Waals surface area (Å²) in [5.41, 5.74) is 3.61. The summed E-state index contributed by atoms with van der Waals surface area (Å²) in [4.78, 5) is 4.40. The number of guanidine groups is 1. The van der Waals surface area contributed by atoms with Crippen LogP contribution in [0.1, 0.15) is 24.0 Å². The molecule has 0 amide bonds. The van der Waals surface area contributed by atoms with Crippen LogP contribution in [0.15, 0.2) is 47.5 Å². The molecule has 7 heteroatoms. The summed E-state index contributed by atoms with van der Waals surface area (Å²) in [5.74, 6) is 2.09. The quantitative estimate of drug-likeness (QED) is 0.333. The zero-order chi connectivity index (χ0) is 20.7. The molecule has 0 bridgehead atoms. The van der Waals surface area contributed by atoms with E-state index in [4.69, 9.17) is 14.2 Å². The van der Waals surface area contributed by atoms with Crippen molar-refractivity contribution in [3.63, 3.8) is 0 Å². The zero-order valence-electron chi connectivity index (χ0n) is 18.2. The largest absolute Gasteiger partial charge is 0.493 e. The number of methoxy groups -OCH3 is 2. The molecule has 0 unspecified atom stereocenters. The number of hydrogen-bond donors (Lipinski definition) is 2. The molecule has 3 rings (SSSR count). The van der Waals surface area contributed by atoms with E-state index in [9.17, 15) is 0 Å². The molecule has 1 fully saturated rings. The standard InChI is InChI=1S/C23H31N3O3.HI/c1-17-7-5-6-8-19(17)23(11-13-29-14-12-23)16-25-22(24-2)26-18-9-10-20(27-3)21(15-18)28-4;/h5-10,15H,11-14,16H2,1-4H3,(H2,24,25,26);1H. The third kappa shape index (κ3) is 5.57. The average molecular weight is 525 g/mol. The Kier molecular flexibility index (Phi) is 9.23. The Morgan fingerprint density at radius 3 is 2.40 bits per heavy atom. The van der Waals surface area contributed by atoms with Gasteiger partial charge in [0.15, 0.2) is 17.5 Å². The maximum atomic E-state index is 5.66. The van der Waals surface area contributed by atoms with E-state index < -0.39 is 0 Å². The predicted molar refractivity (Wildman–Crippen MR) is 133 cm³/mol. The molecule has 0 aromatic heterocycles. The van der Waals surface area contributed by atoms with Gasteiger partial charge in [-0.05, 0) is 43.0 Å². The van der Waals surface area contributed by atoms with E-state index >= 15 is 0 Å². The molecule has 1 aliphatic heterocycles. The van der Waals surface area contributed by atoms with Crippen LogP contribution in [0, 0.1) is 6.92 Å². The smallest absolute Gasteiger partial charge is 0.195 e. The third-order valence-corrected chi connectivity index (χ3v) is 5.63. The van der Waals surface area contributed by atoms with Gasteiger partial charge in [-0.15, -0.1) is 24.0 Å². The number of aliphatic imine (C=N–C) groups is 1. The molecule has 6 nitrogen and oxygen atoms in total. The lowest BCUT2D eigenvalue weighted by atomic mass is 9.72. The van der Waals surface area contributed by atoms with Crippen molar-refractivity contribution in [3.8, 4) is 11.5 Å². The molecule has 164 valence electrons. The van der Waals surface area contributed by atoms with Crippen LogP contribution in [0.2, 0.25) is 0 Å². The monoisotopic (exact) mass is 525 g/mol. The van der Waals surface area contributed by atoms with E-state index in [1.54, 1.807) is 21.3 Å². The Hall–Kier alpha value is -2.00. The van der Waals surface area contributed by atoms with E-state index in [-0.39, 0.29) is 29.4 Å².